The van der Waals surface area contributed by atoms with Crippen LogP contribution in [-0.2, 0) is 32.6 Å². The van der Waals surface area contributed by atoms with Crippen molar-refractivity contribution in [3.8, 4) is 5.75 Å². The van der Waals surface area contributed by atoms with Crippen molar-refractivity contribution in [2.45, 2.75) is 58.2 Å². The van der Waals surface area contributed by atoms with E-state index in [0.717, 1.165) is 28.3 Å². The third kappa shape index (κ3) is 9.59. The summed E-state index contributed by atoms with van der Waals surface area (Å²) in [5.41, 5.74) is 2.24. The van der Waals surface area contributed by atoms with Gasteiger partial charge in [-0.3, -0.25) is 13.9 Å². The maximum absolute atomic E-state index is 13.9. The van der Waals surface area contributed by atoms with Gasteiger partial charge in [0.25, 0.3) is 0 Å². The van der Waals surface area contributed by atoms with Crippen molar-refractivity contribution in [2.75, 3.05) is 24.2 Å². The number of carbonyl (C=O) groups is 2. The van der Waals surface area contributed by atoms with Gasteiger partial charge in [-0.25, -0.2) is 8.42 Å². The average Bonchev–Trinajstić information content (AvgIpc) is 2.97. The van der Waals surface area contributed by atoms with Gasteiger partial charge in [-0.1, -0.05) is 77.5 Å². The van der Waals surface area contributed by atoms with Gasteiger partial charge < -0.3 is 15.0 Å². The number of amides is 2. The number of para-hydroxylation sites is 2. The Labute approximate surface area is 258 Å². The number of methoxy groups -OCH3 is 1. The Balaban J connectivity index is 1.90. The molecule has 0 unspecified atom stereocenters. The first-order valence-corrected chi connectivity index (χ1v) is 16.7. The summed E-state index contributed by atoms with van der Waals surface area (Å²) in [6, 6.07) is 23.4. The first-order valence-electron chi connectivity index (χ1n) is 14.0. The summed E-state index contributed by atoms with van der Waals surface area (Å²) in [5.74, 6) is -0.0205. The lowest BCUT2D eigenvalue weighted by Gasteiger charge is -2.33. The van der Waals surface area contributed by atoms with Gasteiger partial charge in [0.1, 0.15) is 11.8 Å². The molecule has 0 radical (unpaired) electrons. The lowest BCUT2D eigenvalue weighted by molar-refractivity contribution is -0.141. The van der Waals surface area contributed by atoms with Crippen LogP contribution in [0.4, 0.5) is 5.69 Å². The number of nitrogens with one attached hydrogen (secondary N) is 1. The van der Waals surface area contributed by atoms with Crippen molar-refractivity contribution in [3.63, 3.8) is 0 Å². The molecule has 0 saturated carbocycles. The molecular weight excluding hydrogens is 618 g/mol. The van der Waals surface area contributed by atoms with E-state index in [1.165, 1.54) is 11.4 Å². The Morgan fingerprint density at radius 1 is 0.952 bits per heavy atom. The summed E-state index contributed by atoms with van der Waals surface area (Å²) < 4.78 is 33.0. The number of hydrogen-bond acceptors (Lipinski definition) is 5. The highest BCUT2D eigenvalue weighted by atomic mass is 79.9. The number of halogens is 1. The summed E-state index contributed by atoms with van der Waals surface area (Å²) in [4.78, 5) is 29.2. The minimum Gasteiger partial charge on any atom is -0.495 e. The number of ether oxygens (including phenoxy) is 1. The molecule has 10 heteroatoms. The molecule has 42 heavy (non-hydrogen) atoms. The molecule has 2 amide bonds. The average molecular weight is 659 g/mol. The van der Waals surface area contributed by atoms with Crippen LogP contribution >= 0.6 is 15.9 Å². The van der Waals surface area contributed by atoms with Crippen molar-refractivity contribution in [1.29, 1.82) is 0 Å². The van der Waals surface area contributed by atoms with Gasteiger partial charge in [0.2, 0.25) is 21.8 Å². The van der Waals surface area contributed by atoms with Crippen LogP contribution in [0.15, 0.2) is 83.3 Å². The third-order valence-corrected chi connectivity index (χ3v) is 8.75. The summed E-state index contributed by atoms with van der Waals surface area (Å²) in [5, 5.41) is 3.07. The Kier molecular flexibility index (Phi) is 12.4. The number of carbonyl (C=O) groups excluding carboxylic acids is 2. The lowest BCUT2D eigenvalue weighted by Crippen LogP contribution is -2.52. The zero-order valence-electron chi connectivity index (χ0n) is 24.6. The molecule has 1 N–H and O–H groups in total. The topological polar surface area (TPSA) is 96.0 Å². The summed E-state index contributed by atoms with van der Waals surface area (Å²) in [6.45, 7) is 4.26. The molecule has 0 saturated heterocycles. The molecule has 3 aromatic rings. The van der Waals surface area contributed by atoms with Crippen LogP contribution in [0.25, 0.3) is 0 Å². The van der Waals surface area contributed by atoms with Crippen molar-refractivity contribution in [1.82, 2.24) is 10.2 Å². The van der Waals surface area contributed by atoms with Crippen molar-refractivity contribution >= 4 is 43.5 Å². The second-order valence-electron chi connectivity index (χ2n) is 10.3. The van der Waals surface area contributed by atoms with Gasteiger partial charge in [-0.05, 0) is 55.2 Å². The van der Waals surface area contributed by atoms with Crippen LogP contribution in [0, 0.1) is 0 Å². The van der Waals surface area contributed by atoms with Crippen LogP contribution < -0.4 is 14.4 Å². The number of sulfonamides is 1. The van der Waals surface area contributed by atoms with Crippen molar-refractivity contribution < 1.29 is 22.7 Å². The van der Waals surface area contributed by atoms with Gasteiger partial charge in [0, 0.05) is 36.4 Å². The van der Waals surface area contributed by atoms with E-state index in [2.05, 4.69) is 21.2 Å². The lowest BCUT2D eigenvalue weighted by atomic mass is 10.0. The molecule has 0 spiro atoms. The SMILES string of the molecule is CC[C@@H](C)NC(=O)[C@@H](Cc1ccccc1)N(Cc1ccc(Br)cc1)C(=O)CCCN(c1ccccc1OC)S(C)(=O)=O. The van der Waals surface area contributed by atoms with E-state index in [1.807, 2.05) is 68.4 Å². The second kappa shape index (κ2) is 15.7. The van der Waals surface area contributed by atoms with Gasteiger partial charge in [-0.15, -0.1) is 0 Å². The van der Waals surface area contributed by atoms with E-state index < -0.39 is 16.1 Å². The molecular formula is C32H40BrN3O5S. The molecule has 0 bridgehead atoms. The number of benzene rings is 3. The Hall–Kier alpha value is -3.37. The van der Waals surface area contributed by atoms with Crippen LogP contribution in [0.1, 0.15) is 44.2 Å². The number of hydrogen-bond donors (Lipinski definition) is 1. The molecule has 0 aliphatic carbocycles. The Bertz CT molecular complexity index is 1420. The second-order valence-corrected chi connectivity index (χ2v) is 13.1. The van der Waals surface area contributed by atoms with E-state index in [1.54, 1.807) is 29.2 Å². The van der Waals surface area contributed by atoms with Gasteiger partial charge in [0.05, 0.1) is 19.1 Å². The minimum absolute atomic E-state index is 0.0513. The van der Waals surface area contributed by atoms with E-state index in [0.29, 0.717) is 17.9 Å². The molecule has 0 fully saturated rings. The molecule has 0 aromatic heterocycles. The van der Waals surface area contributed by atoms with Gasteiger partial charge >= 0.3 is 0 Å². The Morgan fingerprint density at radius 3 is 2.21 bits per heavy atom. The maximum atomic E-state index is 13.9. The molecule has 3 rings (SSSR count). The van der Waals surface area contributed by atoms with Crippen LogP contribution in [0.5, 0.6) is 5.75 Å². The van der Waals surface area contributed by atoms with E-state index in [9.17, 15) is 18.0 Å². The highest BCUT2D eigenvalue weighted by Gasteiger charge is 2.31. The molecule has 3 aromatic carbocycles. The zero-order chi connectivity index (χ0) is 30.7. The largest absolute Gasteiger partial charge is 0.495 e. The van der Waals surface area contributed by atoms with Gasteiger partial charge in [0.15, 0.2) is 0 Å². The number of anilines is 1. The number of nitrogens with zero attached hydrogens (tertiary/aromatic N) is 2. The van der Waals surface area contributed by atoms with E-state index in [-0.39, 0.29) is 43.8 Å². The quantitative estimate of drug-likeness (QED) is 0.231. The highest BCUT2D eigenvalue weighted by Crippen LogP contribution is 2.30. The fraction of sp³-hybridized carbons (Fsp3) is 0.375. The summed E-state index contributed by atoms with van der Waals surface area (Å²) in [6.07, 6.45) is 2.55. The Morgan fingerprint density at radius 2 is 1.60 bits per heavy atom. The monoisotopic (exact) mass is 657 g/mol. The molecule has 226 valence electrons. The predicted molar refractivity (Wildman–Crippen MR) is 171 cm³/mol. The first kappa shape index (κ1) is 33.1. The summed E-state index contributed by atoms with van der Waals surface area (Å²) in [7, 11) is -2.16. The molecule has 0 aliphatic heterocycles. The smallest absolute Gasteiger partial charge is 0.243 e. The number of rotatable bonds is 15. The maximum Gasteiger partial charge on any atom is 0.243 e. The fourth-order valence-electron chi connectivity index (χ4n) is 4.60. The minimum atomic E-state index is -3.65. The zero-order valence-corrected chi connectivity index (χ0v) is 27.0. The van der Waals surface area contributed by atoms with Crippen LogP contribution in [-0.4, -0.2) is 57.1 Å². The van der Waals surface area contributed by atoms with Crippen LogP contribution in [0.2, 0.25) is 0 Å². The third-order valence-electron chi connectivity index (χ3n) is 7.04. The summed E-state index contributed by atoms with van der Waals surface area (Å²) >= 11 is 3.46. The molecule has 8 nitrogen and oxygen atoms in total. The molecule has 0 aliphatic rings. The van der Waals surface area contributed by atoms with E-state index >= 15 is 0 Å². The van der Waals surface area contributed by atoms with Crippen molar-refractivity contribution in [3.05, 3.63) is 94.5 Å². The highest BCUT2D eigenvalue weighted by molar-refractivity contribution is 9.10. The van der Waals surface area contributed by atoms with Crippen LogP contribution in [0.3, 0.4) is 0 Å². The van der Waals surface area contributed by atoms with E-state index in [4.69, 9.17) is 4.74 Å². The predicted octanol–water partition coefficient (Wildman–Crippen LogP) is 5.56. The molecule has 2 atom stereocenters. The fourth-order valence-corrected chi connectivity index (χ4v) is 5.83. The van der Waals surface area contributed by atoms with Crippen molar-refractivity contribution in [2.24, 2.45) is 0 Å². The normalized spacial score (nSPS) is 12.7. The van der Waals surface area contributed by atoms with Gasteiger partial charge in [-0.2, -0.15) is 0 Å². The standard InChI is InChI=1S/C32H40BrN3O5S/c1-5-24(2)34-32(38)29(22-25-12-7-6-8-13-25)35(23-26-17-19-27(33)20-18-26)31(37)16-11-21-36(42(4,39)40)28-14-9-10-15-30(28)41-3/h6-10,12-15,17-20,24,29H,5,11,16,21-23H2,1-4H3,(H,34,38)/t24-,29-/m1/s1. The molecule has 0 heterocycles. The first-order chi connectivity index (χ1) is 20.0.